The molecule has 2 fully saturated rings. The Hall–Kier alpha value is -0.810. The molecular formula is C14H19ClN2O2. The molecule has 19 heavy (non-hydrogen) atoms. The van der Waals surface area contributed by atoms with E-state index in [-0.39, 0.29) is 0 Å². The predicted molar refractivity (Wildman–Crippen MR) is 75.5 cm³/mol. The molecule has 1 aliphatic carbocycles. The lowest BCUT2D eigenvalue weighted by molar-refractivity contribution is 0.0572. The number of aliphatic hydroxyl groups is 2. The standard InChI is InChI=1S/C14H19ClN2O2/c15-11-3-1-2-9(6-16-10-4-5-10)14(11)17-7-12(18)13(19)8-17/h1-3,10,12-13,16,18-19H,4-8H2. The van der Waals surface area contributed by atoms with E-state index >= 15 is 0 Å². The Kier molecular flexibility index (Phi) is 3.67. The van der Waals surface area contributed by atoms with Crippen LogP contribution in [-0.4, -0.2) is 41.6 Å². The van der Waals surface area contributed by atoms with Gasteiger partial charge in [-0.05, 0) is 24.5 Å². The minimum atomic E-state index is -0.694. The van der Waals surface area contributed by atoms with Gasteiger partial charge in [0.15, 0.2) is 0 Å². The van der Waals surface area contributed by atoms with Crippen LogP contribution in [0.25, 0.3) is 0 Å². The molecule has 1 aromatic rings. The molecule has 104 valence electrons. The topological polar surface area (TPSA) is 55.7 Å². The van der Waals surface area contributed by atoms with Crippen LogP contribution in [0.15, 0.2) is 18.2 Å². The van der Waals surface area contributed by atoms with E-state index in [1.165, 1.54) is 12.8 Å². The Bertz CT molecular complexity index is 455. The summed E-state index contributed by atoms with van der Waals surface area (Å²) in [7, 11) is 0. The largest absolute Gasteiger partial charge is 0.389 e. The van der Waals surface area contributed by atoms with Gasteiger partial charge < -0.3 is 20.4 Å². The van der Waals surface area contributed by atoms with Crippen LogP contribution in [0, 0.1) is 0 Å². The third-order valence-corrected chi connectivity index (χ3v) is 4.11. The Morgan fingerprint density at radius 1 is 1.21 bits per heavy atom. The van der Waals surface area contributed by atoms with Crippen molar-refractivity contribution >= 4 is 17.3 Å². The van der Waals surface area contributed by atoms with E-state index in [2.05, 4.69) is 5.32 Å². The van der Waals surface area contributed by atoms with Crippen molar-refractivity contribution in [3.63, 3.8) is 0 Å². The molecule has 2 unspecified atom stereocenters. The van der Waals surface area contributed by atoms with Crippen molar-refractivity contribution in [2.45, 2.75) is 37.6 Å². The zero-order valence-electron chi connectivity index (χ0n) is 10.7. The van der Waals surface area contributed by atoms with Gasteiger partial charge in [-0.2, -0.15) is 0 Å². The van der Waals surface area contributed by atoms with Gasteiger partial charge in [-0.25, -0.2) is 0 Å². The summed E-state index contributed by atoms with van der Waals surface area (Å²) >= 11 is 6.30. The lowest BCUT2D eigenvalue weighted by Gasteiger charge is -2.23. The van der Waals surface area contributed by atoms with Crippen molar-refractivity contribution in [1.29, 1.82) is 0 Å². The van der Waals surface area contributed by atoms with Crippen LogP contribution in [0.2, 0.25) is 5.02 Å². The fraction of sp³-hybridized carbons (Fsp3) is 0.571. The third kappa shape index (κ3) is 2.87. The number of nitrogens with zero attached hydrogens (tertiary/aromatic N) is 1. The van der Waals surface area contributed by atoms with E-state index < -0.39 is 12.2 Å². The molecule has 4 nitrogen and oxygen atoms in total. The average Bonchev–Trinajstić information content (AvgIpc) is 3.14. The summed E-state index contributed by atoms with van der Waals surface area (Å²) in [5.74, 6) is 0. The van der Waals surface area contributed by atoms with E-state index in [4.69, 9.17) is 11.6 Å². The van der Waals surface area contributed by atoms with Crippen molar-refractivity contribution in [1.82, 2.24) is 5.32 Å². The minimum Gasteiger partial charge on any atom is -0.389 e. The van der Waals surface area contributed by atoms with Crippen molar-refractivity contribution in [2.75, 3.05) is 18.0 Å². The second-order valence-electron chi connectivity index (χ2n) is 5.44. The van der Waals surface area contributed by atoms with Crippen molar-refractivity contribution in [3.8, 4) is 0 Å². The van der Waals surface area contributed by atoms with Crippen LogP contribution in [0.3, 0.4) is 0 Å². The Morgan fingerprint density at radius 2 is 1.89 bits per heavy atom. The van der Waals surface area contributed by atoms with Crippen molar-refractivity contribution in [3.05, 3.63) is 28.8 Å². The maximum Gasteiger partial charge on any atom is 0.0990 e. The molecule has 0 aromatic heterocycles. The molecule has 3 rings (SSSR count). The molecule has 2 aliphatic rings. The van der Waals surface area contributed by atoms with Gasteiger partial charge in [-0.1, -0.05) is 23.7 Å². The van der Waals surface area contributed by atoms with Crippen LogP contribution in [0.4, 0.5) is 5.69 Å². The zero-order chi connectivity index (χ0) is 13.4. The molecule has 0 spiro atoms. The number of nitrogens with one attached hydrogen (secondary N) is 1. The first-order valence-electron chi connectivity index (χ1n) is 6.77. The van der Waals surface area contributed by atoms with Crippen molar-refractivity contribution in [2.24, 2.45) is 0 Å². The fourth-order valence-corrected chi connectivity index (χ4v) is 2.86. The highest BCUT2D eigenvalue weighted by Crippen LogP contribution is 2.33. The number of hydrogen-bond acceptors (Lipinski definition) is 4. The second-order valence-corrected chi connectivity index (χ2v) is 5.85. The first kappa shape index (κ1) is 13.2. The van der Waals surface area contributed by atoms with E-state index in [9.17, 15) is 10.2 Å². The van der Waals surface area contributed by atoms with Gasteiger partial charge in [0, 0.05) is 25.7 Å². The Labute approximate surface area is 118 Å². The summed E-state index contributed by atoms with van der Waals surface area (Å²) < 4.78 is 0. The lowest BCUT2D eigenvalue weighted by atomic mass is 10.1. The van der Waals surface area contributed by atoms with Gasteiger partial charge in [-0.15, -0.1) is 0 Å². The third-order valence-electron chi connectivity index (χ3n) is 3.80. The number of anilines is 1. The molecule has 3 N–H and O–H groups in total. The molecule has 0 radical (unpaired) electrons. The van der Waals surface area contributed by atoms with Gasteiger partial charge in [-0.3, -0.25) is 0 Å². The molecule has 1 saturated heterocycles. The number of rotatable bonds is 4. The SMILES string of the molecule is OC1CN(c2c(Cl)cccc2CNC2CC2)CC1O. The van der Waals surface area contributed by atoms with E-state index in [0.29, 0.717) is 24.2 Å². The number of para-hydroxylation sites is 1. The highest BCUT2D eigenvalue weighted by Gasteiger charge is 2.32. The van der Waals surface area contributed by atoms with E-state index in [1.807, 2.05) is 23.1 Å². The van der Waals surface area contributed by atoms with Gasteiger partial charge >= 0.3 is 0 Å². The molecule has 1 saturated carbocycles. The maximum atomic E-state index is 9.69. The number of halogens is 1. The maximum absolute atomic E-state index is 9.69. The summed E-state index contributed by atoms with van der Waals surface area (Å²) in [6.45, 7) is 1.64. The van der Waals surface area contributed by atoms with Crippen molar-refractivity contribution < 1.29 is 10.2 Å². The quantitative estimate of drug-likeness (QED) is 0.775. The predicted octanol–water partition coefficient (Wildman–Crippen LogP) is 1.13. The molecule has 2 atom stereocenters. The first-order chi connectivity index (χ1) is 9.15. The second kappa shape index (κ2) is 5.29. The van der Waals surface area contributed by atoms with E-state index in [0.717, 1.165) is 17.8 Å². The first-order valence-corrected chi connectivity index (χ1v) is 7.15. The average molecular weight is 283 g/mol. The number of hydrogen-bond donors (Lipinski definition) is 3. The van der Waals surface area contributed by atoms with Gasteiger partial charge in [0.1, 0.15) is 0 Å². The summed E-state index contributed by atoms with van der Waals surface area (Å²) in [6.07, 6.45) is 1.11. The molecule has 0 bridgehead atoms. The summed E-state index contributed by atoms with van der Waals surface area (Å²) in [4.78, 5) is 1.97. The molecular weight excluding hydrogens is 264 g/mol. The molecule has 1 aromatic carbocycles. The minimum absolute atomic E-state index is 0.432. The fourth-order valence-electron chi connectivity index (χ4n) is 2.55. The summed E-state index contributed by atoms with van der Waals surface area (Å²) in [5, 5.41) is 23.5. The van der Waals surface area contributed by atoms with Crippen LogP contribution in [-0.2, 0) is 6.54 Å². The molecule has 5 heteroatoms. The summed E-state index contributed by atoms with van der Waals surface area (Å²) in [5.41, 5.74) is 2.06. The highest BCUT2D eigenvalue weighted by molar-refractivity contribution is 6.33. The highest BCUT2D eigenvalue weighted by atomic mass is 35.5. The smallest absolute Gasteiger partial charge is 0.0990 e. The Morgan fingerprint density at radius 3 is 2.53 bits per heavy atom. The Balaban J connectivity index is 1.81. The van der Waals surface area contributed by atoms with E-state index in [1.54, 1.807) is 0 Å². The number of aliphatic hydroxyl groups excluding tert-OH is 2. The normalized spacial score (nSPS) is 27.0. The molecule has 1 aliphatic heterocycles. The van der Waals surface area contributed by atoms with Crippen LogP contribution in [0.5, 0.6) is 0 Å². The zero-order valence-corrected chi connectivity index (χ0v) is 11.5. The van der Waals surface area contributed by atoms with Gasteiger partial charge in [0.05, 0.1) is 22.9 Å². The number of benzene rings is 1. The lowest BCUT2D eigenvalue weighted by Crippen LogP contribution is -2.25. The van der Waals surface area contributed by atoms with Crippen LogP contribution >= 0.6 is 11.6 Å². The van der Waals surface area contributed by atoms with Crippen LogP contribution in [0.1, 0.15) is 18.4 Å². The van der Waals surface area contributed by atoms with Gasteiger partial charge in [0.2, 0.25) is 0 Å². The van der Waals surface area contributed by atoms with Gasteiger partial charge in [0.25, 0.3) is 0 Å². The molecule has 1 heterocycles. The molecule has 0 amide bonds. The summed E-state index contributed by atoms with van der Waals surface area (Å²) in [6, 6.07) is 6.49. The van der Waals surface area contributed by atoms with Crippen LogP contribution < -0.4 is 10.2 Å². The monoisotopic (exact) mass is 282 g/mol. The number of β-amino-alcohol motifs (C(OH)–C–C–N with tert-alkyl or cyclic N) is 2.